The summed E-state index contributed by atoms with van der Waals surface area (Å²) in [5.41, 5.74) is 0. The molecule has 0 aliphatic heterocycles. The van der Waals surface area contributed by atoms with Crippen LogP contribution in [0, 0.1) is 0 Å². The molecule has 0 aromatic carbocycles. The number of carbonyl (C=O) groups excluding carboxylic acids is 2. The van der Waals surface area contributed by atoms with E-state index in [1.165, 1.54) is 4.90 Å². The van der Waals surface area contributed by atoms with Crippen LogP contribution in [0.2, 0.25) is 0 Å². The molecule has 1 fully saturated rings. The van der Waals surface area contributed by atoms with Gasteiger partial charge in [-0.2, -0.15) is 0 Å². The van der Waals surface area contributed by atoms with Crippen molar-refractivity contribution in [3.05, 3.63) is 0 Å². The zero-order valence-electron chi connectivity index (χ0n) is 11.9. The Kier molecular flexibility index (Phi) is 6.27. The molecule has 114 valence electrons. The minimum absolute atomic E-state index is 0.00970. The van der Waals surface area contributed by atoms with E-state index in [0.29, 0.717) is 12.8 Å². The summed E-state index contributed by atoms with van der Waals surface area (Å²) in [4.78, 5) is 36.0. The zero-order chi connectivity index (χ0) is 15.1. The molecule has 0 aromatic rings. The van der Waals surface area contributed by atoms with Crippen molar-refractivity contribution in [2.45, 2.75) is 51.6 Å². The van der Waals surface area contributed by atoms with Crippen LogP contribution in [0.15, 0.2) is 0 Å². The SMILES string of the molecule is CCCC(NC(=O)N(CC(=O)OCC)C1CC1)C(=O)O. The highest BCUT2D eigenvalue weighted by Gasteiger charge is 2.35. The van der Waals surface area contributed by atoms with Crippen molar-refractivity contribution in [1.82, 2.24) is 10.2 Å². The molecule has 1 unspecified atom stereocenters. The number of aliphatic carboxylic acids is 1. The molecule has 0 spiro atoms. The number of nitrogens with zero attached hydrogens (tertiary/aromatic N) is 1. The first-order valence-electron chi connectivity index (χ1n) is 6.95. The average molecular weight is 286 g/mol. The van der Waals surface area contributed by atoms with Gasteiger partial charge in [0.05, 0.1) is 6.61 Å². The number of carbonyl (C=O) groups is 3. The van der Waals surface area contributed by atoms with Gasteiger partial charge in [0, 0.05) is 6.04 Å². The molecule has 0 bridgehead atoms. The first-order valence-corrected chi connectivity index (χ1v) is 6.95. The molecular formula is C13H22N2O5. The van der Waals surface area contributed by atoms with E-state index in [1.54, 1.807) is 6.92 Å². The van der Waals surface area contributed by atoms with E-state index in [2.05, 4.69) is 5.32 Å². The van der Waals surface area contributed by atoms with Crippen molar-refractivity contribution in [3.63, 3.8) is 0 Å². The number of carboxylic acids is 1. The van der Waals surface area contributed by atoms with Crippen molar-refractivity contribution in [2.24, 2.45) is 0 Å². The molecule has 0 aromatic heterocycles. The number of hydrogen-bond acceptors (Lipinski definition) is 4. The van der Waals surface area contributed by atoms with E-state index in [9.17, 15) is 14.4 Å². The van der Waals surface area contributed by atoms with Crippen LogP contribution in [-0.4, -0.2) is 53.2 Å². The Labute approximate surface area is 118 Å². The second kappa shape index (κ2) is 7.72. The van der Waals surface area contributed by atoms with Gasteiger partial charge < -0.3 is 20.1 Å². The smallest absolute Gasteiger partial charge is 0.326 e. The summed E-state index contributed by atoms with van der Waals surface area (Å²) in [7, 11) is 0. The Morgan fingerprint density at radius 2 is 2.00 bits per heavy atom. The van der Waals surface area contributed by atoms with Crippen molar-refractivity contribution in [2.75, 3.05) is 13.2 Å². The molecule has 20 heavy (non-hydrogen) atoms. The minimum Gasteiger partial charge on any atom is -0.480 e. The third-order valence-electron chi connectivity index (χ3n) is 3.03. The summed E-state index contributed by atoms with van der Waals surface area (Å²) in [6.45, 7) is 3.66. The van der Waals surface area contributed by atoms with Gasteiger partial charge in [-0.1, -0.05) is 13.3 Å². The Morgan fingerprint density at radius 1 is 1.35 bits per heavy atom. The third kappa shape index (κ3) is 5.07. The van der Waals surface area contributed by atoms with Crippen LogP contribution in [0.1, 0.15) is 39.5 Å². The summed E-state index contributed by atoms with van der Waals surface area (Å²) >= 11 is 0. The molecule has 0 heterocycles. The lowest BCUT2D eigenvalue weighted by Gasteiger charge is -2.24. The van der Waals surface area contributed by atoms with E-state index in [-0.39, 0.29) is 19.2 Å². The molecule has 0 radical (unpaired) electrons. The molecular weight excluding hydrogens is 264 g/mol. The Hall–Kier alpha value is -1.79. The molecule has 2 amide bonds. The number of urea groups is 1. The number of nitrogens with one attached hydrogen (secondary N) is 1. The molecule has 7 heteroatoms. The van der Waals surface area contributed by atoms with Gasteiger partial charge in [-0.15, -0.1) is 0 Å². The highest BCUT2D eigenvalue weighted by Crippen LogP contribution is 2.26. The highest BCUT2D eigenvalue weighted by molar-refractivity contribution is 5.85. The lowest BCUT2D eigenvalue weighted by molar-refractivity contribution is -0.143. The van der Waals surface area contributed by atoms with Crippen molar-refractivity contribution in [1.29, 1.82) is 0 Å². The largest absolute Gasteiger partial charge is 0.480 e. The lowest BCUT2D eigenvalue weighted by atomic mass is 10.2. The van der Waals surface area contributed by atoms with Crippen LogP contribution >= 0.6 is 0 Å². The Morgan fingerprint density at radius 3 is 2.45 bits per heavy atom. The number of ether oxygens (including phenoxy) is 1. The summed E-state index contributed by atoms with van der Waals surface area (Å²) in [6.07, 6.45) is 2.67. The Bertz CT molecular complexity index is 368. The van der Waals surface area contributed by atoms with Crippen LogP contribution in [-0.2, 0) is 14.3 Å². The van der Waals surface area contributed by atoms with Crippen LogP contribution in [0.3, 0.4) is 0 Å². The summed E-state index contributed by atoms with van der Waals surface area (Å²) < 4.78 is 4.82. The van der Waals surface area contributed by atoms with Crippen LogP contribution in [0.25, 0.3) is 0 Å². The molecule has 0 saturated heterocycles. The zero-order valence-corrected chi connectivity index (χ0v) is 11.9. The number of esters is 1. The highest BCUT2D eigenvalue weighted by atomic mass is 16.5. The number of carboxylic acid groups (broad SMARTS) is 1. The fourth-order valence-electron chi connectivity index (χ4n) is 1.88. The van der Waals surface area contributed by atoms with Gasteiger partial charge in [-0.05, 0) is 26.2 Å². The van der Waals surface area contributed by atoms with Gasteiger partial charge in [0.2, 0.25) is 0 Å². The number of hydrogen-bond donors (Lipinski definition) is 2. The standard InChI is InChI=1S/C13H22N2O5/c1-3-5-10(12(17)18)14-13(19)15(9-6-7-9)8-11(16)20-4-2/h9-10H,3-8H2,1-2H3,(H,14,19)(H,17,18). The average Bonchev–Trinajstić information content (AvgIpc) is 3.19. The molecule has 7 nitrogen and oxygen atoms in total. The van der Waals surface area contributed by atoms with E-state index in [4.69, 9.17) is 9.84 Å². The van der Waals surface area contributed by atoms with Crippen molar-refractivity contribution < 1.29 is 24.2 Å². The fraction of sp³-hybridized carbons (Fsp3) is 0.769. The predicted molar refractivity (Wildman–Crippen MR) is 71.2 cm³/mol. The third-order valence-corrected chi connectivity index (χ3v) is 3.03. The fourth-order valence-corrected chi connectivity index (χ4v) is 1.88. The van der Waals surface area contributed by atoms with Gasteiger partial charge in [-0.3, -0.25) is 4.79 Å². The first kappa shape index (κ1) is 16.3. The minimum atomic E-state index is -1.06. The molecule has 1 aliphatic rings. The normalized spacial score (nSPS) is 15.3. The van der Waals surface area contributed by atoms with Gasteiger partial charge in [0.1, 0.15) is 12.6 Å². The molecule has 1 aliphatic carbocycles. The molecule has 2 N–H and O–H groups in total. The van der Waals surface area contributed by atoms with E-state index in [1.807, 2.05) is 6.92 Å². The second-order valence-electron chi connectivity index (χ2n) is 4.79. The van der Waals surface area contributed by atoms with Crippen molar-refractivity contribution >= 4 is 18.0 Å². The second-order valence-corrected chi connectivity index (χ2v) is 4.79. The van der Waals surface area contributed by atoms with Crippen LogP contribution in [0.5, 0.6) is 0 Å². The van der Waals surface area contributed by atoms with E-state index < -0.39 is 24.0 Å². The van der Waals surface area contributed by atoms with Gasteiger partial charge in [0.15, 0.2) is 0 Å². The number of rotatable bonds is 8. The van der Waals surface area contributed by atoms with Gasteiger partial charge in [-0.25, -0.2) is 9.59 Å². The first-order chi connectivity index (χ1) is 9.49. The van der Waals surface area contributed by atoms with Gasteiger partial charge in [0.25, 0.3) is 0 Å². The monoisotopic (exact) mass is 286 g/mol. The Balaban J connectivity index is 2.59. The molecule has 1 rings (SSSR count). The van der Waals surface area contributed by atoms with Crippen molar-refractivity contribution in [3.8, 4) is 0 Å². The summed E-state index contributed by atoms with van der Waals surface area (Å²) in [6, 6.07) is -1.42. The molecule has 1 atom stereocenters. The molecule has 1 saturated carbocycles. The van der Waals surface area contributed by atoms with Crippen LogP contribution < -0.4 is 5.32 Å². The van der Waals surface area contributed by atoms with E-state index >= 15 is 0 Å². The number of amides is 2. The maximum absolute atomic E-state index is 12.1. The lowest BCUT2D eigenvalue weighted by Crippen LogP contribution is -2.50. The van der Waals surface area contributed by atoms with Gasteiger partial charge >= 0.3 is 18.0 Å². The summed E-state index contributed by atoms with van der Waals surface area (Å²) in [5.74, 6) is -1.54. The maximum Gasteiger partial charge on any atom is 0.326 e. The topological polar surface area (TPSA) is 95.9 Å². The van der Waals surface area contributed by atoms with E-state index in [0.717, 1.165) is 12.8 Å². The predicted octanol–water partition coefficient (Wildman–Crippen LogP) is 0.977. The maximum atomic E-state index is 12.1. The summed E-state index contributed by atoms with van der Waals surface area (Å²) in [5, 5.41) is 11.5. The van der Waals surface area contributed by atoms with Crippen LogP contribution in [0.4, 0.5) is 4.79 Å². The quantitative estimate of drug-likeness (QED) is 0.648.